The second-order valence-corrected chi connectivity index (χ2v) is 8.84. The van der Waals surface area contributed by atoms with Crippen LogP contribution < -0.4 is 0 Å². The van der Waals surface area contributed by atoms with Crippen LogP contribution >= 0.6 is 0 Å². The molecule has 0 radical (unpaired) electrons. The molecule has 0 aromatic rings. The molecule has 0 N–H and O–H groups in total. The standard InChI is InChI=1S/C21H37N5O3/c1-22(2)21(29)18-15-23(16-19(27)24-9-5-3-6-10-24)13-14-26(18)17-20(28)25-11-7-4-8-12-25/h18H,3-17H2,1-2H3/t18-/m1/s1. The van der Waals surface area contributed by atoms with Gasteiger partial charge in [0.1, 0.15) is 6.04 Å². The van der Waals surface area contributed by atoms with Crippen molar-refractivity contribution in [1.29, 1.82) is 0 Å². The number of likely N-dealkylation sites (N-methyl/N-ethyl adjacent to an activating group) is 1. The van der Waals surface area contributed by atoms with Crippen LogP contribution in [-0.2, 0) is 14.4 Å². The van der Waals surface area contributed by atoms with Crippen molar-refractivity contribution in [3.05, 3.63) is 0 Å². The van der Waals surface area contributed by atoms with E-state index in [1.54, 1.807) is 19.0 Å². The molecule has 8 nitrogen and oxygen atoms in total. The molecular weight excluding hydrogens is 370 g/mol. The lowest BCUT2D eigenvalue weighted by Crippen LogP contribution is -2.61. The lowest BCUT2D eigenvalue weighted by atomic mass is 10.1. The average Bonchev–Trinajstić information content (AvgIpc) is 2.75. The summed E-state index contributed by atoms with van der Waals surface area (Å²) in [6, 6.07) is -0.373. The fourth-order valence-electron chi connectivity index (χ4n) is 4.59. The van der Waals surface area contributed by atoms with Crippen molar-refractivity contribution in [3.63, 3.8) is 0 Å². The molecule has 3 amide bonds. The predicted molar refractivity (Wildman–Crippen MR) is 111 cm³/mol. The Morgan fingerprint density at radius 2 is 1.24 bits per heavy atom. The van der Waals surface area contributed by atoms with E-state index in [0.717, 1.165) is 51.9 Å². The van der Waals surface area contributed by atoms with Crippen LogP contribution in [0.15, 0.2) is 0 Å². The number of rotatable bonds is 5. The maximum absolute atomic E-state index is 12.8. The number of piperazine rings is 1. The zero-order chi connectivity index (χ0) is 20.8. The summed E-state index contributed by atoms with van der Waals surface area (Å²) in [4.78, 5) is 47.8. The summed E-state index contributed by atoms with van der Waals surface area (Å²) in [5.74, 6) is 0.296. The lowest BCUT2D eigenvalue weighted by Gasteiger charge is -2.42. The smallest absolute Gasteiger partial charge is 0.240 e. The Morgan fingerprint density at radius 3 is 1.76 bits per heavy atom. The van der Waals surface area contributed by atoms with E-state index in [0.29, 0.717) is 26.2 Å². The topological polar surface area (TPSA) is 67.4 Å². The van der Waals surface area contributed by atoms with Crippen LogP contribution in [0, 0.1) is 0 Å². The Labute approximate surface area is 174 Å². The number of hydrogen-bond donors (Lipinski definition) is 0. The summed E-state index contributed by atoms with van der Waals surface area (Å²) in [6.07, 6.45) is 6.69. The van der Waals surface area contributed by atoms with Crippen molar-refractivity contribution in [2.24, 2.45) is 0 Å². The van der Waals surface area contributed by atoms with Crippen molar-refractivity contribution in [3.8, 4) is 0 Å². The van der Waals surface area contributed by atoms with Gasteiger partial charge in [-0.3, -0.25) is 24.2 Å². The maximum atomic E-state index is 12.8. The molecule has 0 saturated carbocycles. The van der Waals surface area contributed by atoms with Crippen LogP contribution in [0.1, 0.15) is 38.5 Å². The Morgan fingerprint density at radius 1 is 0.724 bits per heavy atom. The number of carbonyl (C=O) groups is 3. The Hall–Kier alpha value is -1.67. The molecule has 1 atom stereocenters. The number of carbonyl (C=O) groups excluding carboxylic acids is 3. The largest absolute Gasteiger partial charge is 0.347 e. The van der Waals surface area contributed by atoms with Gasteiger partial charge in [-0.2, -0.15) is 0 Å². The molecule has 3 heterocycles. The first-order chi connectivity index (χ1) is 14.0. The fraction of sp³-hybridized carbons (Fsp3) is 0.857. The van der Waals surface area contributed by atoms with E-state index in [9.17, 15) is 14.4 Å². The molecule has 164 valence electrons. The van der Waals surface area contributed by atoms with Crippen molar-refractivity contribution >= 4 is 17.7 Å². The van der Waals surface area contributed by atoms with Crippen molar-refractivity contribution in [1.82, 2.24) is 24.5 Å². The maximum Gasteiger partial charge on any atom is 0.240 e. The summed E-state index contributed by atoms with van der Waals surface area (Å²) < 4.78 is 0. The predicted octanol–water partition coefficient (Wildman–Crippen LogP) is 0.0858. The number of likely N-dealkylation sites (tertiary alicyclic amines) is 2. The highest BCUT2D eigenvalue weighted by Gasteiger charge is 2.36. The Bertz CT molecular complexity index is 585. The van der Waals surface area contributed by atoms with Gasteiger partial charge >= 0.3 is 0 Å². The van der Waals surface area contributed by atoms with Crippen LogP contribution in [0.4, 0.5) is 0 Å². The number of amides is 3. The zero-order valence-electron chi connectivity index (χ0n) is 18.1. The highest BCUT2D eigenvalue weighted by molar-refractivity contribution is 5.84. The molecule has 8 heteroatoms. The van der Waals surface area contributed by atoms with E-state index in [4.69, 9.17) is 0 Å². The molecule has 3 saturated heterocycles. The van der Waals surface area contributed by atoms with Gasteiger partial charge in [-0.05, 0) is 38.5 Å². The molecule has 3 fully saturated rings. The minimum atomic E-state index is -0.373. The fourth-order valence-corrected chi connectivity index (χ4v) is 4.59. The van der Waals surface area contributed by atoms with Crippen molar-refractivity contribution < 1.29 is 14.4 Å². The van der Waals surface area contributed by atoms with Gasteiger partial charge in [-0.15, -0.1) is 0 Å². The third kappa shape index (κ3) is 5.92. The first-order valence-corrected chi connectivity index (χ1v) is 11.2. The molecular formula is C21H37N5O3. The summed E-state index contributed by atoms with van der Waals surface area (Å²) in [5.41, 5.74) is 0. The van der Waals surface area contributed by atoms with E-state index in [2.05, 4.69) is 4.90 Å². The molecule has 0 aliphatic carbocycles. The van der Waals surface area contributed by atoms with E-state index in [-0.39, 0.29) is 30.3 Å². The van der Waals surface area contributed by atoms with Crippen LogP contribution in [0.2, 0.25) is 0 Å². The second-order valence-electron chi connectivity index (χ2n) is 8.84. The number of nitrogens with zero attached hydrogens (tertiary/aromatic N) is 5. The van der Waals surface area contributed by atoms with Gasteiger partial charge in [0.15, 0.2) is 0 Å². The SMILES string of the molecule is CN(C)C(=O)[C@H]1CN(CC(=O)N2CCCCC2)CCN1CC(=O)N1CCCCC1. The molecule has 0 aromatic heterocycles. The monoisotopic (exact) mass is 407 g/mol. The van der Waals surface area contributed by atoms with Crippen LogP contribution in [0.5, 0.6) is 0 Å². The number of piperidine rings is 2. The quantitative estimate of drug-likeness (QED) is 0.646. The van der Waals surface area contributed by atoms with Gasteiger partial charge in [0.05, 0.1) is 13.1 Å². The van der Waals surface area contributed by atoms with Gasteiger partial charge in [0, 0.05) is 59.9 Å². The van der Waals surface area contributed by atoms with E-state index in [1.165, 1.54) is 12.8 Å². The normalized spacial score (nSPS) is 24.4. The summed E-state index contributed by atoms with van der Waals surface area (Å²) in [7, 11) is 3.51. The highest BCUT2D eigenvalue weighted by atomic mass is 16.2. The van der Waals surface area contributed by atoms with Crippen LogP contribution in [0.25, 0.3) is 0 Å². The summed E-state index contributed by atoms with van der Waals surface area (Å²) in [5, 5.41) is 0. The molecule has 0 bridgehead atoms. The van der Waals surface area contributed by atoms with Gasteiger partial charge in [-0.25, -0.2) is 0 Å². The molecule has 0 spiro atoms. The Kier molecular flexibility index (Phi) is 7.89. The summed E-state index contributed by atoms with van der Waals surface area (Å²) >= 11 is 0. The van der Waals surface area contributed by atoms with Crippen molar-refractivity contribution in [2.45, 2.75) is 44.6 Å². The minimum absolute atomic E-state index is 0.00608. The average molecular weight is 408 g/mol. The Balaban J connectivity index is 1.59. The van der Waals surface area contributed by atoms with E-state index < -0.39 is 0 Å². The first-order valence-electron chi connectivity index (χ1n) is 11.2. The van der Waals surface area contributed by atoms with Crippen LogP contribution in [0.3, 0.4) is 0 Å². The van der Waals surface area contributed by atoms with E-state index in [1.807, 2.05) is 14.7 Å². The molecule has 3 rings (SSSR count). The number of hydrogen-bond acceptors (Lipinski definition) is 5. The molecule has 29 heavy (non-hydrogen) atoms. The molecule has 3 aliphatic rings. The molecule has 3 aliphatic heterocycles. The summed E-state index contributed by atoms with van der Waals surface area (Å²) in [6.45, 7) is 5.87. The zero-order valence-corrected chi connectivity index (χ0v) is 18.1. The first kappa shape index (κ1) is 22.0. The molecule has 0 aromatic carbocycles. The molecule has 0 unspecified atom stereocenters. The lowest BCUT2D eigenvalue weighted by molar-refractivity contribution is -0.143. The van der Waals surface area contributed by atoms with Crippen molar-refractivity contribution in [2.75, 3.05) is 73.0 Å². The van der Waals surface area contributed by atoms with Gasteiger partial charge < -0.3 is 14.7 Å². The van der Waals surface area contributed by atoms with Gasteiger partial charge in [0.2, 0.25) is 17.7 Å². The van der Waals surface area contributed by atoms with Gasteiger partial charge in [-0.1, -0.05) is 0 Å². The third-order valence-corrected chi connectivity index (χ3v) is 6.42. The highest BCUT2D eigenvalue weighted by Crippen LogP contribution is 2.16. The third-order valence-electron chi connectivity index (χ3n) is 6.42. The van der Waals surface area contributed by atoms with E-state index >= 15 is 0 Å². The minimum Gasteiger partial charge on any atom is -0.347 e. The second kappa shape index (κ2) is 10.4. The van der Waals surface area contributed by atoms with Crippen LogP contribution in [-0.4, -0.2) is 121 Å². The van der Waals surface area contributed by atoms with Gasteiger partial charge in [0.25, 0.3) is 0 Å².